The van der Waals surface area contributed by atoms with Crippen molar-refractivity contribution in [2.45, 2.75) is 6.54 Å². The number of phenols is 1. The molecule has 3 rings (SSSR count). The average molecular weight is 317 g/mol. The zero-order chi connectivity index (χ0) is 16.2. The van der Waals surface area contributed by atoms with Gasteiger partial charge in [-0.3, -0.25) is 15.0 Å². The van der Waals surface area contributed by atoms with E-state index in [0.717, 1.165) is 32.0 Å². The Morgan fingerprint density at radius 3 is 2.74 bits per heavy atom. The molecule has 0 atom stereocenters. The van der Waals surface area contributed by atoms with Crippen molar-refractivity contribution in [3.8, 4) is 5.75 Å². The van der Waals surface area contributed by atoms with Gasteiger partial charge in [-0.15, -0.1) is 0 Å². The maximum atomic E-state index is 10.9. The standard InChI is InChI=1S/C15H19N5O3/c21-14-2-1-13(20(22)23)9-12(14)10-18-5-7-19(8-6-18)15-3-4-16-11-17-15/h1-4,9,16,21H,5-8,10-11H2. The number of benzene rings is 1. The van der Waals surface area contributed by atoms with Gasteiger partial charge in [-0.05, 0) is 12.1 Å². The molecule has 8 heteroatoms. The molecule has 8 nitrogen and oxygen atoms in total. The Kier molecular flexibility index (Phi) is 4.42. The maximum absolute atomic E-state index is 10.9. The summed E-state index contributed by atoms with van der Waals surface area (Å²) >= 11 is 0. The summed E-state index contributed by atoms with van der Waals surface area (Å²) < 4.78 is 0. The molecule has 1 saturated heterocycles. The van der Waals surface area contributed by atoms with Crippen LogP contribution in [-0.4, -0.2) is 58.5 Å². The van der Waals surface area contributed by atoms with Gasteiger partial charge in [-0.1, -0.05) is 0 Å². The first-order chi connectivity index (χ1) is 11.1. The molecule has 1 aromatic carbocycles. The van der Waals surface area contributed by atoms with E-state index in [2.05, 4.69) is 20.1 Å². The van der Waals surface area contributed by atoms with E-state index in [4.69, 9.17) is 0 Å². The third-order valence-electron chi connectivity index (χ3n) is 4.05. The fourth-order valence-corrected chi connectivity index (χ4v) is 2.76. The first-order valence-electron chi connectivity index (χ1n) is 7.51. The van der Waals surface area contributed by atoms with Crippen LogP contribution >= 0.6 is 0 Å². The molecule has 2 N–H and O–H groups in total. The largest absolute Gasteiger partial charge is 0.508 e. The van der Waals surface area contributed by atoms with Gasteiger partial charge < -0.3 is 15.3 Å². The topological polar surface area (TPSA) is 94.2 Å². The number of hydrogen-bond donors (Lipinski definition) is 2. The summed E-state index contributed by atoms with van der Waals surface area (Å²) in [7, 11) is 0. The zero-order valence-corrected chi connectivity index (χ0v) is 12.7. The Hall–Kier alpha value is -2.61. The summed E-state index contributed by atoms with van der Waals surface area (Å²) in [5.41, 5.74) is 0.595. The quantitative estimate of drug-likeness (QED) is 0.635. The van der Waals surface area contributed by atoms with E-state index in [1.807, 2.05) is 12.3 Å². The van der Waals surface area contributed by atoms with Gasteiger partial charge in [0.1, 0.15) is 18.3 Å². The summed E-state index contributed by atoms with van der Waals surface area (Å²) in [5, 5.41) is 23.8. The first-order valence-corrected chi connectivity index (χ1v) is 7.51. The zero-order valence-electron chi connectivity index (χ0n) is 12.7. The lowest BCUT2D eigenvalue weighted by Crippen LogP contribution is -2.48. The highest BCUT2D eigenvalue weighted by Gasteiger charge is 2.21. The van der Waals surface area contributed by atoms with Gasteiger partial charge in [0.25, 0.3) is 5.69 Å². The molecule has 0 radical (unpaired) electrons. The lowest BCUT2D eigenvalue weighted by molar-refractivity contribution is -0.385. The summed E-state index contributed by atoms with van der Waals surface area (Å²) in [4.78, 5) is 19.2. The minimum atomic E-state index is -0.442. The lowest BCUT2D eigenvalue weighted by Gasteiger charge is -2.36. The van der Waals surface area contributed by atoms with Gasteiger partial charge in [0.15, 0.2) is 0 Å². The molecule has 0 aromatic heterocycles. The van der Waals surface area contributed by atoms with Crippen LogP contribution in [0.25, 0.3) is 0 Å². The SMILES string of the molecule is O=[N+]([O-])c1ccc(O)c(CN2CCN(C3=NCNC=C3)CC2)c1. The van der Waals surface area contributed by atoms with Crippen molar-refractivity contribution < 1.29 is 10.0 Å². The van der Waals surface area contributed by atoms with Crippen LogP contribution in [-0.2, 0) is 6.54 Å². The normalized spacial score (nSPS) is 18.4. The number of piperazine rings is 1. The van der Waals surface area contributed by atoms with Crippen LogP contribution in [0.2, 0.25) is 0 Å². The number of nitro groups is 1. The van der Waals surface area contributed by atoms with Gasteiger partial charge in [-0.2, -0.15) is 0 Å². The number of nitrogens with one attached hydrogen (secondary N) is 1. The van der Waals surface area contributed by atoms with Gasteiger partial charge >= 0.3 is 0 Å². The van der Waals surface area contributed by atoms with Crippen molar-refractivity contribution in [3.05, 3.63) is 46.2 Å². The van der Waals surface area contributed by atoms with E-state index < -0.39 is 4.92 Å². The average Bonchev–Trinajstić information content (AvgIpc) is 2.58. The fourth-order valence-electron chi connectivity index (χ4n) is 2.76. The molecule has 0 saturated carbocycles. The second kappa shape index (κ2) is 6.66. The van der Waals surface area contributed by atoms with Crippen molar-refractivity contribution in [1.29, 1.82) is 0 Å². The highest BCUT2D eigenvalue weighted by atomic mass is 16.6. The number of rotatable bonds is 3. The summed E-state index contributed by atoms with van der Waals surface area (Å²) in [5.74, 6) is 1.09. The lowest BCUT2D eigenvalue weighted by atomic mass is 10.1. The highest BCUT2D eigenvalue weighted by molar-refractivity contribution is 5.93. The molecule has 0 amide bonds. The molecular formula is C15H19N5O3. The Labute approximate surface area is 133 Å². The van der Waals surface area contributed by atoms with Crippen LogP contribution in [0.1, 0.15) is 5.56 Å². The molecule has 1 fully saturated rings. The van der Waals surface area contributed by atoms with Crippen LogP contribution in [0.15, 0.2) is 35.5 Å². The molecule has 122 valence electrons. The van der Waals surface area contributed by atoms with Crippen LogP contribution in [0.4, 0.5) is 5.69 Å². The second-order valence-electron chi connectivity index (χ2n) is 5.55. The summed E-state index contributed by atoms with van der Waals surface area (Å²) in [6, 6.07) is 4.15. The van der Waals surface area contributed by atoms with Crippen LogP contribution in [0.3, 0.4) is 0 Å². The third-order valence-corrected chi connectivity index (χ3v) is 4.05. The number of amidine groups is 1. The van der Waals surface area contributed by atoms with Crippen LogP contribution in [0.5, 0.6) is 5.75 Å². The number of nitro benzene ring substituents is 1. The van der Waals surface area contributed by atoms with Crippen LogP contribution in [0, 0.1) is 10.1 Å². The minimum Gasteiger partial charge on any atom is -0.508 e. The smallest absolute Gasteiger partial charge is 0.270 e. The van der Waals surface area contributed by atoms with Crippen molar-refractivity contribution >= 4 is 11.5 Å². The number of hydrogen-bond acceptors (Lipinski definition) is 7. The summed E-state index contributed by atoms with van der Waals surface area (Å²) in [6.45, 7) is 4.45. The predicted octanol–water partition coefficient (Wildman–Crippen LogP) is 0.891. The van der Waals surface area contributed by atoms with Crippen molar-refractivity contribution in [3.63, 3.8) is 0 Å². The van der Waals surface area contributed by atoms with Crippen molar-refractivity contribution in [1.82, 2.24) is 15.1 Å². The van der Waals surface area contributed by atoms with E-state index in [1.165, 1.54) is 18.2 Å². The van der Waals surface area contributed by atoms with E-state index in [0.29, 0.717) is 18.8 Å². The van der Waals surface area contributed by atoms with Crippen molar-refractivity contribution in [2.75, 3.05) is 32.8 Å². The van der Waals surface area contributed by atoms with Gasteiger partial charge in [-0.25, -0.2) is 4.99 Å². The number of phenolic OH excluding ortho intramolecular Hbond substituents is 1. The van der Waals surface area contributed by atoms with E-state index in [-0.39, 0.29) is 11.4 Å². The third kappa shape index (κ3) is 3.59. The monoisotopic (exact) mass is 317 g/mol. The maximum Gasteiger partial charge on any atom is 0.270 e. The Morgan fingerprint density at radius 1 is 1.30 bits per heavy atom. The molecule has 2 heterocycles. The Morgan fingerprint density at radius 2 is 2.09 bits per heavy atom. The van der Waals surface area contributed by atoms with E-state index >= 15 is 0 Å². The molecule has 1 aromatic rings. The molecule has 2 aliphatic rings. The number of aliphatic imine (C=N–C) groups is 1. The molecule has 2 aliphatic heterocycles. The van der Waals surface area contributed by atoms with Crippen LogP contribution < -0.4 is 5.32 Å². The number of nitrogens with zero attached hydrogens (tertiary/aromatic N) is 4. The molecular weight excluding hydrogens is 298 g/mol. The molecule has 0 unspecified atom stereocenters. The minimum absolute atomic E-state index is 0.00522. The molecule has 23 heavy (non-hydrogen) atoms. The second-order valence-corrected chi connectivity index (χ2v) is 5.55. The fraction of sp³-hybridized carbons (Fsp3) is 0.400. The van der Waals surface area contributed by atoms with E-state index in [1.54, 1.807) is 0 Å². The Balaban J connectivity index is 1.60. The van der Waals surface area contributed by atoms with Gasteiger partial charge in [0.05, 0.1) is 4.92 Å². The Bertz CT molecular complexity index is 651. The molecule has 0 spiro atoms. The van der Waals surface area contributed by atoms with E-state index in [9.17, 15) is 15.2 Å². The van der Waals surface area contributed by atoms with Gasteiger partial charge in [0.2, 0.25) is 0 Å². The number of non-ortho nitro benzene ring substituents is 1. The predicted molar refractivity (Wildman–Crippen MR) is 86.2 cm³/mol. The van der Waals surface area contributed by atoms with Crippen molar-refractivity contribution in [2.24, 2.45) is 4.99 Å². The highest BCUT2D eigenvalue weighted by Crippen LogP contribution is 2.24. The molecule has 0 bridgehead atoms. The number of aromatic hydroxyl groups is 1. The molecule has 0 aliphatic carbocycles. The first kappa shape index (κ1) is 15.3. The summed E-state index contributed by atoms with van der Waals surface area (Å²) in [6.07, 6.45) is 3.86. The van der Waals surface area contributed by atoms with Gasteiger partial charge in [0, 0.05) is 56.6 Å².